The van der Waals surface area contributed by atoms with Crippen LogP contribution in [0.1, 0.15) is 69.9 Å². The van der Waals surface area contributed by atoms with Crippen molar-refractivity contribution in [1.29, 1.82) is 0 Å². The average Bonchev–Trinajstić information content (AvgIpc) is 2.70. The Balaban J connectivity index is 0.00000109. The number of hydrogen-bond donors (Lipinski definition) is 1. The van der Waals surface area contributed by atoms with Crippen LogP contribution in [0, 0.1) is 5.92 Å². The first-order valence-electron chi connectivity index (χ1n) is 10.4. The van der Waals surface area contributed by atoms with E-state index in [0.29, 0.717) is 6.10 Å². The Hall–Kier alpha value is -0.900. The molecule has 1 heterocycles. The van der Waals surface area contributed by atoms with Gasteiger partial charge in [0, 0.05) is 6.61 Å². The smallest absolute Gasteiger partial charge is 0.0720 e. The minimum Gasteiger partial charge on any atom is -0.376 e. The van der Waals surface area contributed by atoms with E-state index in [-0.39, 0.29) is 0 Å². The van der Waals surface area contributed by atoms with Crippen molar-refractivity contribution in [2.45, 2.75) is 78.1 Å². The molecule has 1 aliphatic carbocycles. The number of hydrogen-bond acceptors (Lipinski definition) is 3. The molecule has 0 aromatic heterocycles. The number of rotatable bonds is 7. The van der Waals surface area contributed by atoms with Crippen molar-refractivity contribution in [2.75, 3.05) is 19.7 Å². The molecule has 1 aromatic carbocycles. The molecule has 1 aliphatic heterocycles. The normalized spacial score (nSPS) is 19.3. The molecular weight excluding hydrogens is 310 g/mol. The van der Waals surface area contributed by atoms with E-state index in [1.165, 1.54) is 43.2 Å². The number of piperidine rings is 1. The lowest BCUT2D eigenvalue weighted by Crippen LogP contribution is -2.32. The summed E-state index contributed by atoms with van der Waals surface area (Å²) in [6, 6.07) is 8.73. The fourth-order valence-corrected chi connectivity index (χ4v) is 3.61. The summed E-state index contributed by atoms with van der Waals surface area (Å²) in [5, 5.41) is 3.37. The van der Waals surface area contributed by atoms with Crippen LogP contribution < -0.4 is 5.32 Å². The molecule has 0 spiro atoms. The fraction of sp³-hybridized carbons (Fsp3) is 0.727. The zero-order valence-corrected chi connectivity index (χ0v) is 16.3. The Bertz CT molecular complexity index is 434. The minimum absolute atomic E-state index is 0.426. The number of nitrogens with one attached hydrogen (secondary N) is 1. The van der Waals surface area contributed by atoms with Gasteiger partial charge in [-0.05, 0) is 55.8 Å². The van der Waals surface area contributed by atoms with E-state index < -0.39 is 0 Å². The topological polar surface area (TPSA) is 30.5 Å². The molecule has 1 N–H and O–H groups in total. The maximum atomic E-state index is 6.00. The van der Waals surface area contributed by atoms with Gasteiger partial charge in [0.15, 0.2) is 0 Å². The predicted octanol–water partition coefficient (Wildman–Crippen LogP) is 5.08. The van der Waals surface area contributed by atoms with E-state index in [2.05, 4.69) is 29.6 Å². The van der Waals surface area contributed by atoms with E-state index in [1.807, 2.05) is 13.8 Å². The quantitative estimate of drug-likeness (QED) is 0.746. The summed E-state index contributed by atoms with van der Waals surface area (Å²) in [5.74, 6) is 0.793. The third kappa shape index (κ3) is 7.89. The molecule has 0 atom stereocenters. The SMILES string of the molecule is CC.c1cc(COC2CCNCC2)ccc1COCC1CCCCC1. The van der Waals surface area contributed by atoms with Crippen LogP contribution in [0.4, 0.5) is 0 Å². The summed E-state index contributed by atoms with van der Waals surface area (Å²) in [5.41, 5.74) is 2.53. The second kappa shape index (κ2) is 12.5. The Morgan fingerprint density at radius 1 is 0.840 bits per heavy atom. The van der Waals surface area contributed by atoms with Gasteiger partial charge in [0.2, 0.25) is 0 Å². The van der Waals surface area contributed by atoms with Gasteiger partial charge in [-0.15, -0.1) is 0 Å². The van der Waals surface area contributed by atoms with Crippen LogP contribution in [-0.4, -0.2) is 25.8 Å². The highest BCUT2D eigenvalue weighted by Crippen LogP contribution is 2.24. The first-order chi connectivity index (χ1) is 12.4. The van der Waals surface area contributed by atoms with Gasteiger partial charge in [-0.2, -0.15) is 0 Å². The van der Waals surface area contributed by atoms with Gasteiger partial charge in [-0.3, -0.25) is 0 Å². The Labute approximate surface area is 154 Å². The van der Waals surface area contributed by atoms with E-state index in [9.17, 15) is 0 Å². The van der Waals surface area contributed by atoms with Crippen LogP contribution in [0.2, 0.25) is 0 Å². The van der Waals surface area contributed by atoms with Gasteiger partial charge in [0.25, 0.3) is 0 Å². The Morgan fingerprint density at radius 2 is 1.44 bits per heavy atom. The summed E-state index contributed by atoms with van der Waals surface area (Å²) in [6.07, 6.45) is 9.59. The molecule has 25 heavy (non-hydrogen) atoms. The summed E-state index contributed by atoms with van der Waals surface area (Å²) in [7, 11) is 0. The highest BCUT2D eigenvalue weighted by atomic mass is 16.5. The van der Waals surface area contributed by atoms with Crippen LogP contribution in [0.3, 0.4) is 0 Å². The van der Waals surface area contributed by atoms with E-state index in [1.54, 1.807) is 0 Å². The Kier molecular flexibility index (Phi) is 10.2. The first-order valence-corrected chi connectivity index (χ1v) is 10.4. The largest absolute Gasteiger partial charge is 0.376 e. The molecule has 0 bridgehead atoms. The summed E-state index contributed by atoms with van der Waals surface area (Å²) >= 11 is 0. The van der Waals surface area contributed by atoms with E-state index >= 15 is 0 Å². The van der Waals surface area contributed by atoms with Crippen LogP contribution in [-0.2, 0) is 22.7 Å². The fourth-order valence-electron chi connectivity index (χ4n) is 3.61. The molecule has 1 saturated heterocycles. The van der Waals surface area contributed by atoms with Gasteiger partial charge in [0.1, 0.15) is 0 Å². The van der Waals surface area contributed by atoms with Gasteiger partial charge in [-0.25, -0.2) is 0 Å². The average molecular weight is 348 g/mol. The van der Waals surface area contributed by atoms with Crippen LogP contribution in [0.15, 0.2) is 24.3 Å². The molecule has 3 nitrogen and oxygen atoms in total. The molecule has 0 unspecified atom stereocenters. The predicted molar refractivity (Wildman–Crippen MR) is 105 cm³/mol. The van der Waals surface area contributed by atoms with Crippen LogP contribution in [0.25, 0.3) is 0 Å². The van der Waals surface area contributed by atoms with Crippen molar-refractivity contribution >= 4 is 0 Å². The van der Waals surface area contributed by atoms with Crippen molar-refractivity contribution in [2.24, 2.45) is 5.92 Å². The maximum absolute atomic E-state index is 6.00. The number of benzene rings is 1. The standard InChI is InChI=1S/C20H31NO2.C2H6/c1-2-4-17(5-3-1)14-22-15-18-6-8-19(9-7-18)16-23-20-10-12-21-13-11-20;1-2/h6-9,17,20-21H,1-5,10-16H2;1-2H3. The third-order valence-corrected chi connectivity index (χ3v) is 5.14. The van der Waals surface area contributed by atoms with Gasteiger partial charge in [0.05, 0.1) is 19.3 Å². The van der Waals surface area contributed by atoms with Crippen molar-refractivity contribution in [3.05, 3.63) is 35.4 Å². The monoisotopic (exact) mass is 347 g/mol. The highest BCUT2D eigenvalue weighted by Gasteiger charge is 2.14. The molecule has 2 fully saturated rings. The zero-order valence-electron chi connectivity index (χ0n) is 16.3. The second-order valence-electron chi connectivity index (χ2n) is 7.10. The minimum atomic E-state index is 0.426. The molecule has 0 radical (unpaired) electrons. The molecule has 1 saturated carbocycles. The maximum Gasteiger partial charge on any atom is 0.0720 e. The molecule has 3 rings (SSSR count). The third-order valence-electron chi connectivity index (χ3n) is 5.14. The zero-order chi connectivity index (χ0) is 17.7. The van der Waals surface area contributed by atoms with Gasteiger partial charge in [-0.1, -0.05) is 57.4 Å². The lowest BCUT2D eigenvalue weighted by Gasteiger charge is -2.23. The highest BCUT2D eigenvalue weighted by molar-refractivity contribution is 5.21. The number of ether oxygens (including phenoxy) is 2. The molecule has 3 heteroatoms. The molecular formula is C22H37NO2. The summed E-state index contributed by atoms with van der Waals surface area (Å²) in [4.78, 5) is 0. The molecule has 1 aromatic rings. The van der Waals surface area contributed by atoms with Crippen LogP contribution >= 0.6 is 0 Å². The second-order valence-corrected chi connectivity index (χ2v) is 7.10. The van der Waals surface area contributed by atoms with Gasteiger partial charge < -0.3 is 14.8 Å². The van der Waals surface area contributed by atoms with E-state index in [0.717, 1.165) is 51.7 Å². The van der Waals surface area contributed by atoms with Crippen molar-refractivity contribution < 1.29 is 9.47 Å². The lowest BCUT2D eigenvalue weighted by molar-refractivity contribution is 0.0212. The van der Waals surface area contributed by atoms with Crippen LogP contribution in [0.5, 0.6) is 0 Å². The van der Waals surface area contributed by atoms with Crippen molar-refractivity contribution in [3.8, 4) is 0 Å². The summed E-state index contributed by atoms with van der Waals surface area (Å²) in [6.45, 7) is 8.57. The first kappa shape index (κ1) is 20.4. The Morgan fingerprint density at radius 3 is 2.08 bits per heavy atom. The van der Waals surface area contributed by atoms with Gasteiger partial charge >= 0.3 is 0 Å². The summed E-state index contributed by atoms with van der Waals surface area (Å²) < 4.78 is 11.9. The lowest BCUT2D eigenvalue weighted by atomic mass is 9.90. The van der Waals surface area contributed by atoms with Crippen molar-refractivity contribution in [1.82, 2.24) is 5.32 Å². The van der Waals surface area contributed by atoms with E-state index in [4.69, 9.17) is 9.47 Å². The molecule has 0 amide bonds. The molecule has 142 valence electrons. The van der Waals surface area contributed by atoms with Crippen molar-refractivity contribution in [3.63, 3.8) is 0 Å². The molecule has 2 aliphatic rings.